The van der Waals surface area contributed by atoms with E-state index in [1.165, 1.54) is 16.9 Å². The molecule has 0 spiro atoms. The second kappa shape index (κ2) is 6.71. The number of pyridine rings is 1. The predicted octanol–water partition coefficient (Wildman–Crippen LogP) is 4.00. The molecule has 0 radical (unpaired) electrons. The highest BCUT2D eigenvalue weighted by molar-refractivity contribution is 7.14. The molecule has 0 unspecified atom stereocenters. The van der Waals surface area contributed by atoms with Gasteiger partial charge in [-0.2, -0.15) is 0 Å². The van der Waals surface area contributed by atoms with Crippen LogP contribution in [0, 0.1) is 13.8 Å². The van der Waals surface area contributed by atoms with Crippen molar-refractivity contribution in [2.75, 3.05) is 5.32 Å². The van der Waals surface area contributed by atoms with Crippen LogP contribution in [-0.2, 0) is 6.42 Å². The van der Waals surface area contributed by atoms with Gasteiger partial charge in [-0.25, -0.2) is 9.97 Å². The summed E-state index contributed by atoms with van der Waals surface area (Å²) in [7, 11) is 0. The van der Waals surface area contributed by atoms with Crippen LogP contribution in [0.5, 0.6) is 0 Å². The lowest BCUT2D eigenvalue weighted by Gasteiger charge is -2.03. The standard InChI is InChI=1S/C18H17N3OS/c1-12-8-9-15(19-11-12)21-18(22)17-13(2)20-16(23-17)10-14-6-4-3-5-7-14/h3-9,11H,10H2,1-2H3,(H,19,21,22). The first-order valence-corrected chi connectivity index (χ1v) is 8.18. The van der Waals surface area contributed by atoms with Gasteiger partial charge in [-0.15, -0.1) is 11.3 Å². The van der Waals surface area contributed by atoms with E-state index in [9.17, 15) is 4.79 Å². The molecule has 0 bridgehead atoms. The van der Waals surface area contributed by atoms with Crippen molar-refractivity contribution < 1.29 is 4.79 Å². The fraction of sp³-hybridized carbons (Fsp3) is 0.167. The molecule has 23 heavy (non-hydrogen) atoms. The van der Waals surface area contributed by atoms with Gasteiger partial charge >= 0.3 is 0 Å². The molecule has 2 heterocycles. The first-order chi connectivity index (χ1) is 11.1. The van der Waals surface area contributed by atoms with Crippen molar-refractivity contribution in [3.05, 3.63) is 75.4 Å². The second-order valence-corrected chi connectivity index (χ2v) is 6.44. The molecule has 3 aromatic rings. The number of hydrogen-bond donors (Lipinski definition) is 1. The van der Waals surface area contributed by atoms with Gasteiger partial charge in [0.15, 0.2) is 0 Å². The van der Waals surface area contributed by atoms with E-state index in [4.69, 9.17) is 0 Å². The Bertz CT molecular complexity index is 810. The van der Waals surface area contributed by atoms with E-state index < -0.39 is 0 Å². The number of aromatic nitrogens is 2. The summed E-state index contributed by atoms with van der Waals surface area (Å²) in [6.45, 7) is 3.82. The van der Waals surface area contributed by atoms with E-state index >= 15 is 0 Å². The molecule has 0 fully saturated rings. The molecule has 3 rings (SSSR count). The topological polar surface area (TPSA) is 54.9 Å². The number of nitrogens with zero attached hydrogens (tertiary/aromatic N) is 2. The molecular weight excluding hydrogens is 306 g/mol. The summed E-state index contributed by atoms with van der Waals surface area (Å²) < 4.78 is 0. The number of rotatable bonds is 4. The minimum absolute atomic E-state index is 0.157. The Labute approximate surface area is 139 Å². The molecule has 0 aliphatic carbocycles. The van der Waals surface area contributed by atoms with Crippen LogP contribution in [0.4, 0.5) is 5.82 Å². The quantitative estimate of drug-likeness (QED) is 0.789. The number of nitrogens with one attached hydrogen (secondary N) is 1. The van der Waals surface area contributed by atoms with Gasteiger partial charge in [-0.1, -0.05) is 36.4 Å². The Balaban J connectivity index is 1.75. The number of carbonyl (C=O) groups excluding carboxylic acids is 1. The number of aryl methyl sites for hydroxylation is 2. The molecular formula is C18H17N3OS. The minimum Gasteiger partial charge on any atom is -0.306 e. The van der Waals surface area contributed by atoms with E-state index in [1.54, 1.807) is 12.3 Å². The highest BCUT2D eigenvalue weighted by Crippen LogP contribution is 2.22. The van der Waals surface area contributed by atoms with E-state index in [1.807, 2.05) is 38.1 Å². The maximum Gasteiger partial charge on any atom is 0.268 e. The molecule has 4 nitrogen and oxygen atoms in total. The van der Waals surface area contributed by atoms with E-state index in [0.717, 1.165) is 22.7 Å². The SMILES string of the molecule is Cc1ccc(NC(=O)c2sc(Cc3ccccc3)nc2C)nc1. The average Bonchev–Trinajstić information content (AvgIpc) is 2.91. The van der Waals surface area contributed by atoms with Gasteiger partial charge < -0.3 is 5.32 Å². The molecule has 2 aromatic heterocycles. The smallest absolute Gasteiger partial charge is 0.268 e. The zero-order valence-electron chi connectivity index (χ0n) is 13.0. The van der Waals surface area contributed by atoms with E-state index in [-0.39, 0.29) is 5.91 Å². The van der Waals surface area contributed by atoms with Crippen LogP contribution in [0.2, 0.25) is 0 Å². The number of thiazole rings is 1. The first-order valence-electron chi connectivity index (χ1n) is 7.36. The van der Waals surface area contributed by atoms with Crippen molar-refractivity contribution in [3.63, 3.8) is 0 Å². The largest absolute Gasteiger partial charge is 0.306 e. The monoisotopic (exact) mass is 323 g/mol. The van der Waals surface area contributed by atoms with Gasteiger partial charge in [-0.3, -0.25) is 4.79 Å². The Morgan fingerprint density at radius 2 is 1.91 bits per heavy atom. The third kappa shape index (κ3) is 3.81. The molecule has 0 aliphatic rings. The lowest BCUT2D eigenvalue weighted by atomic mass is 10.2. The molecule has 0 saturated heterocycles. The van der Waals surface area contributed by atoms with Crippen LogP contribution >= 0.6 is 11.3 Å². The van der Waals surface area contributed by atoms with Crippen molar-refractivity contribution >= 4 is 23.1 Å². The van der Waals surface area contributed by atoms with Gasteiger partial charge in [-0.05, 0) is 31.0 Å². The van der Waals surface area contributed by atoms with Crippen molar-refractivity contribution in [2.24, 2.45) is 0 Å². The van der Waals surface area contributed by atoms with E-state index in [2.05, 4.69) is 27.4 Å². The Morgan fingerprint density at radius 1 is 1.13 bits per heavy atom. The summed E-state index contributed by atoms with van der Waals surface area (Å²) in [4.78, 5) is 21.8. The van der Waals surface area contributed by atoms with Crippen LogP contribution in [0.3, 0.4) is 0 Å². The molecule has 0 aliphatic heterocycles. The average molecular weight is 323 g/mol. The fourth-order valence-electron chi connectivity index (χ4n) is 2.22. The summed E-state index contributed by atoms with van der Waals surface area (Å²) >= 11 is 1.43. The number of anilines is 1. The van der Waals surface area contributed by atoms with Gasteiger partial charge in [0.1, 0.15) is 10.7 Å². The molecule has 116 valence electrons. The maximum atomic E-state index is 12.4. The van der Waals surface area contributed by atoms with Crippen LogP contribution in [0.1, 0.15) is 31.5 Å². The summed E-state index contributed by atoms with van der Waals surface area (Å²) in [5, 5.41) is 3.76. The first kappa shape index (κ1) is 15.4. The molecule has 0 saturated carbocycles. The summed E-state index contributed by atoms with van der Waals surface area (Å²) in [6.07, 6.45) is 2.47. The second-order valence-electron chi connectivity index (χ2n) is 5.36. The van der Waals surface area contributed by atoms with Crippen LogP contribution in [0.15, 0.2) is 48.7 Å². The van der Waals surface area contributed by atoms with Crippen molar-refractivity contribution in [1.29, 1.82) is 0 Å². The molecule has 1 aromatic carbocycles. The third-order valence-corrected chi connectivity index (χ3v) is 4.55. The number of amides is 1. The molecule has 1 amide bonds. The Kier molecular flexibility index (Phi) is 4.48. The van der Waals surface area contributed by atoms with Gasteiger partial charge in [0.05, 0.1) is 10.7 Å². The van der Waals surface area contributed by atoms with E-state index in [0.29, 0.717) is 10.7 Å². The summed E-state index contributed by atoms with van der Waals surface area (Å²) in [5.74, 6) is 0.397. The number of hydrogen-bond acceptors (Lipinski definition) is 4. The highest BCUT2D eigenvalue weighted by Gasteiger charge is 2.16. The van der Waals surface area contributed by atoms with Crippen LogP contribution < -0.4 is 5.32 Å². The van der Waals surface area contributed by atoms with Gasteiger partial charge in [0.25, 0.3) is 5.91 Å². The lowest BCUT2D eigenvalue weighted by molar-refractivity contribution is 0.102. The van der Waals surface area contributed by atoms with Crippen molar-refractivity contribution in [3.8, 4) is 0 Å². The third-order valence-electron chi connectivity index (χ3n) is 3.40. The fourth-order valence-corrected chi connectivity index (χ4v) is 3.22. The zero-order valence-corrected chi connectivity index (χ0v) is 13.9. The molecule has 1 N–H and O–H groups in total. The van der Waals surface area contributed by atoms with Crippen molar-refractivity contribution in [1.82, 2.24) is 9.97 Å². The molecule has 5 heteroatoms. The normalized spacial score (nSPS) is 10.5. The Morgan fingerprint density at radius 3 is 2.61 bits per heavy atom. The zero-order chi connectivity index (χ0) is 16.2. The highest BCUT2D eigenvalue weighted by atomic mass is 32.1. The van der Waals surface area contributed by atoms with Crippen molar-refractivity contribution in [2.45, 2.75) is 20.3 Å². The maximum absolute atomic E-state index is 12.4. The molecule has 0 atom stereocenters. The number of carbonyl (C=O) groups is 1. The summed E-state index contributed by atoms with van der Waals surface area (Å²) in [5.41, 5.74) is 3.00. The minimum atomic E-state index is -0.157. The van der Waals surface area contributed by atoms with Crippen LogP contribution in [0.25, 0.3) is 0 Å². The summed E-state index contributed by atoms with van der Waals surface area (Å²) in [6, 6.07) is 13.8. The van der Waals surface area contributed by atoms with Gasteiger partial charge in [0.2, 0.25) is 0 Å². The van der Waals surface area contributed by atoms with Crippen LogP contribution in [-0.4, -0.2) is 15.9 Å². The lowest BCUT2D eigenvalue weighted by Crippen LogP contribution is -2.12. The van der Waals surface area contributed by atoms with Gasteiger partial charge in [0, 0.05) is 12.6 Å². The predicted molar refractivity (Wildman–Crippen MR) is 93.0 cm³/mol. The number of benzene rings is 1. The Hall–Kier alpha value is -2.53.